The number of fused-ring (bicyclic) bond motifs is 3. The molecule has 2 aromatic rings. The maximum atomic E-state index is 14.1. The fourth-order valence-electron chi connectivity index (χ4n) is 6.70. The molecule has 2 aromatic carbocycles. The molecule has 0 heterocycles. The molecule has 3 aliphatic rings. The third kappa shape index (κ3) is 3.90. The number of carboxylic acid groups (broad SMARTS) is 1. The molecule has 0 bridgehead atoms. The molecule has 12 heteroatoms. The van der Waals surface area contributed by atoms with Crippen LogP contribution in [0.5, 0.6) is 5.75 Å². The fourth-order valence-corrected chi connectivity index (χ4v) is 6.70. The van der Waals surface area contributed by atoms with E-state index in [9.17, 15) is 44.7 Å². The van der Waals surface area contributed by atoms with Gasteiger partial charge in [0.2, 0.25) is 5.78 Å². The Morgan fingerprint density at radius 2 is 1.64 bits per heavy atom. The predicted molar refractivity (Wildman–Crippen MR) is 151 cm³/mol. The minimum absolute atomic E-state index is 0.0161. The molecule has 3 aliphatic carbocycles. The lowest BCUT2D eigenvalue weighted by molar-refractivity contribution is -0.153. The summed E-state index contributed by atoms with van der Waals surface area (Å²) in [6, 6.07) is 6.29. The highest BCUT2D eigenvalue weighted by molar-refractivity contribution is 6.24. The van der Waals surface area contributed by atoms with Crippen LogP contribution in [0.15, 0.2) is 47.2 Å². The van der Waals surface area contributed by atoms with Gasteiger partial charge in [-0.1, -0.05) is 12.1 Å². The number of hydrogen-bond acceptors (Lipinski definition) is 10. The zero-order chi connectivity index (χ0) is 31.0. The first-order valence-corrected chi connectivity index (χ1v) is 13.2. The second-order valence-electron chi connectivity index (χ2n) is 11.4. The van der Waals surface area contributed by atoms with Gasteiger partial charge in [0, 0.05) is 36.8 Å². The number of Topliss-reactive ketones (excluding diaryl/α,β-unsaturated/α-hetero) is 2. The summed E-state index contributed by atoms with van der Waals surface area (Å²) < 4.78 is 0. The molecule has 12 nitrogen and oxygen atoms in total. The molecule has 1 fully saturated rings. The Morgan fingerprint density at radius 1 is 1.02 bits per heavy atom. The van der Waals surface area contributed by atoms with Crippen molar-refractivity contribution in [3.63, 3.8) is 0 Å². The monoisotopic (exact) mass is 577 g/mol. The van der Waals surface area contributed by atoms with Gasteiger partial charge >= 0.3 is 5.97 Å². The van der Waals surface area contributed by atoms with Crippen LogP contribution in [-0.4, -0.2) is 93.7 Å². The summed E-state index contributed by atoms with van der Waals surface area (Å²) in [4.78, 5) is 54.0. The summed E-state index contributed by atoms with van der Waals surface area (Å²) >= 11 is 0. The van der Waals surface area contributed by atoms with Gasteiger partial charge in [-0.3, -0.25) is 19.3 Å². The number of hydrogen-bond donors (Lipinski definition) is 6. The normalized spacial score (nSPS) is 25.2. The number of aromatic carboxylic acids is 1. The van der Waals surface area contributed by atoms with E-state index in [2.05, 4.69) is 0 Å². The van der Waals surface area contributed by atoms with E-state index in [0.717, 1.165) is 0 Å². The highest BCUT2D eigenvalue weighted by Crippen LogP contribution is 2.54. The van der Waals surface area contributed by atoms with Crippen LogP contribution in [0.4, 0.5) is 5.69 Å². The van der Waals surface area contributed by atoms with Crippen molar-refractivity contribution in [2.75, 3.05) is 33.1 Å². The highest BCUT2D eigenvalue weighted by Gasteiger charge is 2.64. The number of nitrogens with zero attached hydrogens (tertiary/aromatic N) is 2. The quantitative estimate of drug-likeness (QED) is 0.280. The van der Waals surface area contributed by atoms with Gasteiger partial charge in [-0.25, -0.2) is 4.79 Å². The Balaban J connectivity index is 1.75. The average Bonchev–Trinajstić information content (AvgIpc) is 2.90. The van der Waals surface area contributed by atoms with E-state index < -0.39 is 64.0 Å². The molecule has 0 aromatic heterocycles. The smallest absolute Gasteiger partial charge is 0.335 e. The fraction of sp³-hybridized carbons (Fsp3) is 0.333. The number of amides is 1. The molecule has 0 saturated heterocycles. The summed E-state index contributed by atoms with van der Waals surface area (Å²) in [7, 11) is 6.61. The molecular weight excluding hydrogens is 546 g/mol. The highest BCUT2D eigenvalue weighted by atomic mass is 16.4. The van der Waals surface area contributed by atoms with E-state index in [-0.39, 0.29) is 40.9 Å². The SMILES string of the molecule is CN(C)c1cc(-c2ccc(C(=O)O)cc2)c(O)c2c1C[C@H]1C[C@H]3[C@H](N(C)C)C(=O)C(C(N)=O)=C(O)[C@@]3(O)C(=O)C1=C2O. The molecule has 0 spiro atoms. The van der Waals surface area contributed by atoms with Crippen molar-refractivity contribution in [1.29, 1.82) is 0 Å². The largest absolute Gasteiger partial charge is 0.508 e. The van der Waals surface area contributed by atoms with Gasteiger partial charge in [-0.2, -0.15) is 0 Å². The zero-order valence-corrected chi connectivity index (χ0v) is 23.4. The van der Waals surface area contributed by atoms with Crippen LogP contribution in [0.3, 0.4) is 0 Å². The summed E-state index contributed by atoms with van der Waals surface area (Å²) in [6.07, 6.45) is 0.131. The number of likely N-dealkylation sites (N-methyl/N-ethyl adjacent to an activating group) is 1. The summed E-state index contributed by atoms with van der Waals surface area (Å²) in [6.45, 7) is 0. The molecule has 0 aliphatic heterocycles. The molecular formula is C30H31N3O9. The number of aliphatic hydroxyl groups excluding tert-OH is 2. The topological polar surface area (TPSA) is 202 Å². The van der Waals surface area contributed by atoms with Crippen LogP contribution in [0.1, 0.15) is 27.9 Å². The molecule has 1 saturated carbocycles. The zero-order valence-electron chi connectivity index (χ0n) is 23.4. The summed E-state index contributed by atoms with van der Waals surface area (Å²) in [5, 5.41) is 55.1. The Hall–Kier alpha value is -4.68. The first kappa shape index (κ1) is 28.8. The van der Waals surface area contributed by atoms with Crippen LogP contribution in [0, 0.1) is 11.8 Å². The minimum Gasteiger partial charge on any atom is -0.508 e. The number of phenols is 1. The molecule has 5 rings (SSSR count). The van der Waals surface area contributed by atoms with Crippen molar-refractivity contribution >= 4 is 34.9 Å². The van der Waals surface area contributed by atoms with Crippen molar-refractivity contribution in [3.05, 3.63) is 63.9 Å². The molecule has 7 N–H and O–H groups in total. The van der Waals surface area contributed by atoms with E-state index in [1.165, 1.54) is 29.2 Å². The van der Waals surface area contributed by atoms with E-state index in [4.69, 9.17) is 5.73 Å². The molecule has 42 heavy (non-hydrogen) atoms. The van der Waals surface area contributed by atoms with Crippen molar-refractivity contribution < 1.29 is 44.7 Å². The predicted octanol–water partition coefficient (Wildman–Crippen LogP) is 1.40. The van der Waals surface area contributed by atoms with Crippen LogP contribution in [0.2, 0.25) is 0 Å². The Kier molecular flexibility index (Phi) is 6.66. The van der Waals surface area contributed by atoms with E-state index in [0.29, 0.717) is 16.8 Å². The van der Waals surface area contributed by atoms with Crippen LogP contribution < -0.4 is 10.6 Å². The Labute approximate surface area is 240 Å². The number of rotatable bonds is 5. The molecule has 0 unspecified atom stereocenters. The van der Waals surface area contributed by atoms with Crippen molar-refractivity contribution in [2.24, 2.45) is 17.6 Å². The lowest BCUT2D eigenvalue weighted by Gasteiger charge is -2.50. The van der Waals surface area contributed by atoms with Crippen LogP contribution >= 0.6 is 0 Å². The maximum Gasteiger partial charge on any atom is 0.335 e. The van der Waals surface area contributed by atoms with Crippen molar-refractivity contribution in [2.45, 2.75) is 24.5 Å². The van der Waals surface area contributed by atoms with E-state index >= 15 is 0 Å². The van der Waals surface area contributed by atoms with Gasteiger partial charge in [0.15, 0.2) is 11.4 Å². The number of phenolic OH excluding ortho intramolecular Hbond substituents is 1. The number of primary amides is 1. The number of ketones is 2. The standard InChI is InChI=1S/C30H31N3O9/c1-32(2)18-11-15(12-5-7-13(8-6-12)29(40)41)23(34)20-16(18)9-14-10-17-22(33(3)4)25(36)21(28(31)39)27(38)30(17,42)26(37)19(14)24(20)35/h5-8,11,14,17,22,34-35,38,42H,9-10H2,1-4H3,(H2,31,39)(H,40,41)/t14-,17-,22-,30-/m0/s1. The number of carboxylic acids is 1. The summed E-state index contributed by atoms with van der Waals surface area (Å²) in [5.74, 6) is -8.32. The Bertz CT molecular complexity index is 1640. The minimum atomic E-state index is -2.73. The van der Waals surface area contributed by atoms with Gasteiger partial charge in [0.25, 0.3) is 5.91 Å². The molecule has 0 radical (unpaired) electrons. The average molecular weight is 578 g/mol. The van der Waals surface area contributed by atoms with Crippen molar-refractivity contribution in [1.82, 2.24) is 4.90 Å². The number of anilines is 1. The van der Waals surface area contributed by atoms with E-state index in [1.54, 1.807) is 39.2 Å². The van der Waals surface area contributed by atoms with Crippen molar-refractivity contribution in [3.8, 4) is 16.9 Å². The van der Waals surface area contributed by atoms with Gasteiger partial charge in [-0.05, 0) is 62.2 Å². The Morgan fingerprint density at radius 3 is 2.17 bits per heavy atom. The second kappa shape index (κ2) is 9.71. The molecule has 1 amide bonds. The van der Waals surface area contributed by atoms with Gasteiger partial charge in [0.05, 0.1) is 17.2 Å². The molecule has 220 valence electrons. The number of carbonyl (C=O) groups is 4. The first-order valence-electron chi connectivity index (χ1n) is 13.2. The first-order chi connectivity index (χ1) is 19.6. The lowest BCUT2D eigenvalue weighted by atomic mass is 9.57. The maximum absolute atomic E-state index is 14.1. The van der Waals surface area contributed by atoms with Crippen LogP contribution in [-0.2, 0) is 20.8 Å². The number of aromatic hydroxyl groups is 1. The van der Waals surface area contributed by atoms with E-state index in [1.807, 2.05) is 0 Å². The summed E-state index contributed by atoms with van der Waals surface area (Å²) in [5.41, 5.74) is 3.36. The van der Waals surface area contributed by atoms with Gasteiger partial charge in [0.1, 0.15) is 22.8 Å². The number of carbonyl (C=O) groups excluding carboxylic acids is 3. The lowest BCUT2D eigenvalue weighted by Crippen LogP contribution is -2.65. The molecule has 4 atom stereocenters. The van der Waals surface area contributed by atoms with Gasteiger partial charge in [-0.15, -0.1) is 0 Å². The number of benzene rings is 2. The van der Waals surface area contributed by atoms with Gasteiger partial charge < -0.3 is 36.2 Å². The third-order valence-electron chi connectivity index (χ3n) is 8.62. The van der Waals surface area contributed by atoms with Crippen LogP contribution in [0.25, 0.3) is 16.9 Å². The number of aliphatic hydroxyl groups is 3. The third-order valence-corrected chi connectivity index (χ3v) is 8.62. The second-order valence-corrected chi connectivity index (χ2v) is 11.4. The number of nitrogens with two attached hydrogens (primary N) is 1.